The number of carbonyl (C=O) groups excluding carboxylic acids is 1. The van der Waals surface area contributed by atoms with E-state index in [4.69, 9.17) is 0 Å². The molecular weight excluding hydrogens is 253 g/mol. The molecule has 0 amide bonds. The molecular formula is C17H14FNO. The molecule has 20 heavy (non-hydrogen) atoms. The third-order valence-electron chi connectivity index (χ3n) is 3.13. The number of Topliss-reactive ketones (excluding diaryl/α,β-unsaturated/α-hetero) is 1. The first-order valence-corrected chi connectivity index (χ1v) is 6.29. The number of carbonyl (C=O) groups is 1. The van der Waals surface area contributed by atoms with Crippen molar-refractivity contribution in [1.82, 2.24) is 0 Å². The van der Waals surface area contributed by atoms with Crippen molar-refractivity contribution in [2.24, 2.45) is 0 Å². The molecule has 0 N–H and O–H groups in total. The molecule has 0 aromatic heterocycles. The Morgan fingerprint density at radius 3 is 2.30 bits per heavy atom. The molecule has 0 aliphatic rings. The molecule has 0 spiro atoms. The van der Waals surface area contributed by atoms with Gasteiger partial charge >= 0.3 is 0 Å². The topological polar surface area (TPSA) is 40.9 Å². The predicted molar refractivity (Wildman–Crippen MR) is 75.0 cm³/mol. The molecule has 3 heteroatoms. The zero-order chi connectivity index (χ0) is 14.7. The third kappa shape index (κ3) is 2.92. The third-order valence-corrected chi connectivity index (χ3v) is 3.13. The van der Waals surface area contributed by atoms with E-state index < -0.39 is 11.7 Å². The maximum atomic E-state index is 13.4. The minimum Gasteiger partial charge on any atom is -0.292 e. The van der Waals surface area contributed by atoms with E-state index >= 15 is 0 Å². The average Bonchev–Trinajstić information content (AvgIpc) is 2.40. The smallest absolute Gasteiger partial charge is 0.184 e. The first kappa shape index (κ1) is 14.0. The first-order valence-electron chi connectivity index (χ1n) is 6.29. The highest BCUT2D eigenvalue weighted by molar-refractivity contribution is 6.02. The van der Waals surface area contributed by atoms with Gasteiger partial charge in [-0.25, -0.2) is 4.39 Å². The van der Waals surface area contributed by atoms with E-state index in [1.807, 2.05) is 25.1 Å². The second-order valence-corrected chi connectivity index (χ2v) is 4.85. The van der Waals surface area contributed by atoms with E-state index in [0.717, 1.165) is 5.56 Å². The van der Waals surface area contributed by atoms with E-state index in [1.165, 1.54) is 12.1 Å². The van der Waals surface area contributed by atoms with Crippen molar-refractivity contribution in [2.75, 3.05) is 0 Å². The monoisotopic (exact) mass is 267 g/mol. The van der Waals surface area contributed by atoms with Crippen LogP contribution in [0.15, 0.2) is 42.5 Å². The number of aryl methyl sites for hydroxylation is 2. The summed E-state index contributed by atoms with van der Waals surface area (Å²) < 4.78 is 13.4. The Balaban J connectivity index is 2.39. The molecule has 0 radical (unpaired) electrons. The number of halogens is 1. The van der Waals surface area contributed by atoms with Crippen LogP contribution >= 0.6 is 0 Å². The zero-order valence-electron chi connectivity index (χ0n) is 11.4. The molecule has 2 rings (SSSR count). The van der Waals surface area contributed by atoms with Crippen molar-refractivity contribution in [3.63, 3.8) is 0 Å². The minimum atomic E-state index is -0.906. The zero-order valence-corrected chi connectivity index (χ0v) is 11.4. The van der Waals surface area contributed by atoms with Crippen molar-refractivity contribution in [3.05, 3.63) is 70.5 Å². The van der Waals surface area contributed by atoms with Crippen molar-refractivity contribution >= 4 is 5.78 Å². The number of nitrogens with zero attached hydrogens (tertiary/aromatic N) is 1. The molecule has 0 saturated carbocycles. The molecule has 0 aliphatic carbocycles. The average molecular weight is 267 g/mol. The summed E-state index contributed by atoms with van der Waals surface area (Å²) in [6.07, 6.45) is 0. The molecule has 0 bridgehead atoms. The molecule has 2 aromatic carbocycles. The SMILES string of the molecule is Cc1ccc(C(C#N)C(=O)c2cc(C)cc(F)c2)cc1. The van der Waals surface area contributed by atoms with Crippen LogP contribution in [0.2, 0.25) is 0 Å². The Bertz CT molecular complexity index is 663. The number of ketones is 1. The van der Waals surface area contributed by atoms with E-state index in [-0.39, 0.29) is 11.3 Å². The van der Waals surface area contributed by atoms with Crippen molar-refractivity contribution in [2.45, 2.75) is 19.8 Å². The fraction of sp³-hybridized carbons (Fsp3) is 0.176. The number of hydrogen-bond donors (Lipinski definition) is 0. The van der Waals surface area contributed by atoms with Crippen LogP contribution in [0.25, 0.3) is 0 Å². The van der Waals surface area contributed by atoms with E-state index in [0.29, 0.717) is 11.1 Å². The highest BCUT2D eigenvalue weighted by Gasteiger charge is 2.22. The molecule has 1 unspecified atom stereocenters. The van der Waals surface area contributed by atoms with Crippen LogP contribution in [-0.4, -0.2) is 5.78 Å². The van der Waals surface area contributed by atoms with Crippen LogP contribution in [0, 0.1) is 31.0 Å². The lowest BCUT2D eigenvalue weighted by atomic mass is 9.91. The lowest BCUT2D eigenvalue weighted by Crippen LogP contribution is -2.11. The lowest BCUT2D eigenvalue weighted by molar-refractivity contribution is 0.0978. The van der Waals surface area contributed by atoms with Crippen LogP contribution in [0.1, 0.15) is 33.0 Å². The van der Waals surface area contributed by atoms with Crippen molar-refractivity contribution in [1.29, 1.82) is 5.26 Å². The van der Waals surface area contributed by atoms with Gasteiger partial charge in [0.05, 0.1) is 6.07 Å². The van der Waals surface area contributed by atoms with Gasteiger partial charge in [0.25, 0.3) is 0 Å². The Labute approximate surface area is 117 Å². The Kier molecular flexibility index (Phi) is 3.95. The van der Waals surface area contributed by atoms with E-state index in [1.54, 1.807) is 25.1 Å². The van der Waals surface area contributed by atoms with Crippen LogP contribution in [0.3, 0.4) is 0 Å². The van der Waals surface area contributed by atoms with E-state index in [2.05, 4.69) is 0 Å². The fourth-order valence-corrected chi connectivity index (χ4v) is 2.09. The summed E-state index contributed by atoms with van der Waals surface area (Å²) in [5, 5.41) is 9.25. The second-order valence-electron chi connectivity index (χ2n) is 4.85. The molecule has 2 aromatic rings. The summed E-state index contributed by atoms with van der Waals surface area (Å²) in [6.45, 7) is 3.65. The van der Waals surface area contributed by atoms with Gasteiger partial charge < -0.3 is 0 Å². The van der Waals surface area contributed by atoms with Gasteiger partial charge in [0.15, 0.2) is 5.78 Å². The number of nitriles is 1. The predicted octanol–water partition coefficient (Wildman–Crippen LogP) is 3.93. The lowest BCUT2D eigenvalue weighted by Gasteiger charge is -2.10. The summed E-state index contributed by atoms with van der Waals surface area (Å²) in [7, 11) is 0. The summed E-state index contributed by atoms with van der Waals surface area (Å²) in [4.78, 5) is 12.4. The molecule has 0 aliphatic heterocycles. The molecule has 0 saturated heterocycles. The van der Waals surface area contributed by atoms with Gasteiger partial charge in [0.2, 0.25) is 0 Å². The fourth-order valence-electron chi connectivity index (χ4n) is 2.09. The molecule has 2 nitrogen and oxygen atoms in total. The summed E-state index contributed by atoms with van der Waals surface area (Å²) in [5.41, 5.74) is 2.58. The largest absolute Gasteiger partial charge is 0.292 e. The Hall–Kier alpha value is -2.47. The number of rotatable bonds is 3. The maximum absolute atomic E-state index is 13.4. The quantitative estimate of drug-likeness (QED) is 0.790. The molecule has 1 atom stereocenters. The summed E-state index contributed by atoms with van der Waals surface area (Å²) >= 11 is 0. The van der Waals surface area contributed by atoms with Gasteiger partial charge in [-0.1, -0.05) is 29.8 Å². The summed E-state index contributed by atoms with van der Waals surface area (Å²) in [5.74, 6) is -1.75. The summed E-state index contributed by atoms with van der Waals surface area (Å²) in [6, 6.07) is 13.3. The molecule has 0 heterocycles. The van der Waals surface area contributed by atoms with Gasteiger partial charge in [0, 0.05) is 5.56 Å². The number of hydrogen-bond acceptors (Lipinski definition) is 2. The van der Waals surface area contributed by atoms with Crippen molar-refractivity contribution in [3.8, 4) is 6.07 Å². The van der Waals surface area contributed by atoms with Crippen LogP contribution in [0.4, 0.5) is 4.39 Å². The highest BCUT2D eigenvalue weighted by atomic mass is 19.1. The van der Waals surface area contributed by atoms with E-state index in [9.17, 15) is 14.4 Å². The Morgan fingerprint density at radius 2 is 1.75 bits per heavy atom. The molecule has 100 valence electrons. The van der Waals surface area contributed by atoms with Gasteiger partial charge in [-0.05, 0) is 43.2 Å². The standard InChI is InChI=1S/C17H14FNO/c1-11-3-5-13(6-4-11)16(10-19)17(20)14-7-12(2)8-15(18)9-14/h3-9,16H,1-2H3. The van der Waals surface area contributed by atoms with Gasteiger partial charge in [-0.15, -0.1) is 0 Å². The van der Waals surface area contributed by atoms with Gasteiger partial charge in [-0.3, -0.25) is 4.79 Å². The van der Waals surface area contributed by atoms with Gasteiger partial charge in [-0.2, -0.15) is 5.26 Å². The second kappa shape index (κ2) is 5.66. The van der Waals surface area contributed by atoms with Crippen LogP contribution in [0.5, 0.6) is 0 Å². The number of benzene rings is 2. The van der Waals surface area contributed by atoms with Crippen LogP contribution < -0.4 is 0 Å². The van der Waals surface area contributed by atoms with Crippen LogP contribution in [-0.2, 0) is 0 Å². The minimum absolute atomic E-state index is 0.231. The van der Waals surface area contributed by atoms with Crippen molar-refractivity contribution < 1.29 is 9.18 Å². The normalized spacial score (nSPS) is 11.7. The first-order chi connectivity index (χ1) is 9.51. The highest BCUT2D eigenvalue weighted by Crippen LogP contribution is 2.22. The van der Waals surface area contributed by atoms with Gasteiger partial charge in [0.1, 0.15) is 11.7 Å². The maximum Gasteiger partial charge on any atom is 0.184 e. The molecule has 0 fully saturated rings. The Morgan fingerprint density at radius 1 is 1.10 bits per heavy atom.